The molecule has 3 nitrogen and oxygen atoms in total. The van der Waals surface area contributed by atoms with E-state index in [0.29, 0.717) is 0 Å². The van der Waals surface area contributed by atoms with Gasteiger partial charge in [-0.05, 0) is 23.5 Å². The van der Waals surface area contributed by atoms with Crippen LogP contribution in [-0.2, 0) is 12.8 Å². The van der Waals surface area contributed by atoms with Gasteiger partial charge in [0.2, 0.25) is 0 Å². The maximum absolute atomic E-state index is 5.59. The number of hydrogen-bond donors (Lipinski definition) is 2. The molecule has 0 aliphatic rings. The van der Waals surface area contributed by atoms with E-state index in [2.05, 4.69) is 50.2 Å². The Kier molecular flexibility index (Phi) is 4.44. The van der Waals surface area contributed by atoms with Crippen LogP contribution < -0.4 is 11.3 Å². The monoisotopic (exact) mass is 221 g/mol. The first-order valence-electron chi connectivity index (χ1n) is 5.87. The minimum atomic E-state index is 0.139. The van der Waals surface area contributed by atoms with Crippen LogP contribution in [0.15, 0.2) is 18.3 Å². The van der Waals surface area contributed by atoms with Gasteiger partial charge >= 0.3 is 0 Å². The highest BCUT2D eigenvalue weighted by molar-refractivity contribution is 5.15. The summed E-state index contributed by atoms with van der Waals surface area (Å²) >= 11 is 0. The van der Waals surface area contributed by atoms with E-state index in [-0.39, 0.29) is 11.5 Å². The molecule has 1 unspecified atom stereocenters. The van der Waals surface area contributed by atoms with Crippen molar-refractivity contribution in [3.05, 3.63) is 29.6 Å². The van der Waals surface area contributed by atoms with Gasteiger partial charge in [0, 0.05) is 24.4 Å². The topological polar surface area (TPSA) is 50.9 Å². The fourth-order valence-electron chi connectivity index (χ4n) is 1.61. The summed E-state index contributed by atoms with van der Waals surface area (Å²) in [6.07, 6.45) is 3.85. The molecule has 0 aromatic carbocycles. The van der Waals surface area contributed by atoms with E-state index in [4.69, 9.17) is 5.84 Å². The van der Waals surface area contributed by atoms with E-state index in [9.17, 15) is 0 Å². The highest BCUT2D eigenvalue weighted by Gasteiger charge is 2.23. The predicted molar refractivity (Wildman–Crippen MR) is 67.9 cm³/mol. The van der Waals surface area contributed by atoms with Crippen LogP contribution in [0.3, 0.4) is 0 Å². The van der Waals surface area contributed by atoms with Gasteiger partial charge in [0.1, 0.15) is 0 Å². The van der Waals surface area contributed by atoms with Crippen molar-refractivity contribution in [2.45, 2.75) is 46.6 Å². The van der Waals surface area contributed by atoms with Gasteiger partial charge < -0.3 is 0 Å². The molecule has 0 amide bonds. The Hall–Kier alpha value is -0.930. The van der Waals surface area contributed by atoms with Crippen molar-refractivity contribution >= 4 is 0 Å². The fraction of sp³-hybridized carbons (Fsp3) is 0.615. The van der Waals surface area contributed by atoms with E-state index in [1.54, 1.807) is 0 Å². The van der Waals surface area contributed by atoms with Crippen LogP contribution in [0.4, 0.5) is 0 Å². The van der Waals surface area contributed by atoms with Crippen LogP contribution >= 0.6 is 0 Å². The first-order chi connectivity index (χ1) is 7.47. The summed E-state index contributed by atoms with van der Waals surface area (Å²) in [5, 5.41) is 0. The van der Waals surface area contributed by atoms with Crippen LogP contribution in [0, 0.1) is 5.41 Å². The Balaban J connectivity index is 2.71. The van der Waals surface area contributed by atoms with E-state index < -0.39 is 0 Å². The largest absolute Gasteiger partial charge is 0.271 e. The first-order valence-corrected chi connectivity index (χ1v) is 5.87. The summed E-state index contributed by atoms with van der Waals surface area (Å²) < 4.78 is 0. The molecule has 0 aliphatic heterocycles. The second kappa shape index (κ2) is 5.41. The molecule has 3 N–H and O–H groups in total. The number of aromatic nitrogens is 1. The Morgan fingerprint density at radius 1 is 1.38 bits per heavy atom. The molecule has 3 heteroatoms. The standard InChI is InChI=1S/C13H23N3/c1-5-10-6-7-11(15-9-10)8-12(16-14)13(2,3)4/h6-7,9,12,16H,5,8,14H2,1-4H3. The lowest BCUT2D eigenvalue weighted by Gasteiger charge is -2.29. The van der Waals surface area contributed by atoms with Crippen molar-refractivity contribution in [3.8, 4) is 0 Å². The minimum Gasteiger partial charge on any atom is -0.271 e. The number of rotatable bonds is 4. The molecular formula is C13H23N3. The summed E-state index contributed by atoms with van der Waals surface area (Å²) in [5.41, 5.74) is 5.39. The van der Waals surface area contributed by atoms with Gasteiger partial charge in [0.15, 0.2) is 0 Å². The second-order valence-electron chi connectivity index (χ2n) is 5.30. The molecule has 0 fully saturated rings. The lowest BCUT2D eigenvalue weighted by molar-refractivity contribution is 0.267. The number of aryl methyl sites for hydroxylation is 1. The average molecular weight is 221 g/mol. The summed E-state index contributed by atoms with van der Waals surface area (Å²) in [4.78, 5) is 4.46. The van der Waals surface area contributed by atoms with Crippen LogP contribution in [0.1, 0.15) is 39.0 Å². The molecule has 0 radical (unpaired) electrons. The summed E-state index contributed by atoms with van der Waals surface area (Å²) in [5.74, 6) is 5.59. The van der Waals surface area contributed by atoms with E-state index in [1.165, 1.54) is 5.56 Å². The predicted octanol–water partition coefficient (Wildman–Crippen LogP) is 2.06. The highest BCUT2D eigenvalue weighted by atomic mass is 15.2. The van der Waals surface area contributed by atoms with Crippen LogP contribution in [0.5, 0.6) is 0 Å². The molecule has 90 valence electrons. The summed E-state index contributed by atoms with van der Waals surface area (Å²) in [6.45, 7) is 8.67. The Morgan fingerprint density at radius 3 is 2.44 bits per heavy atom. The zero-order chi connectivity index (χ0) is 12.2. The Morgan fingerprint density at radius 2 is 2.06 bits per heavy atom. The van der Waals surface area contributed by atoms with Gasteiger partial charge in [0.25, 0.3) is 0 Å². The number of hydrogen-bond acceptors (Lipinski definition) is 3. The van der Waals surface area contributed by atoms with Gasteiger partial charge in [-0.1, -0.05) is 33.8 Å². The van der Waals surface area contributed by atoms with Crippen molar-refractivity contribution in [2.75, 3.05) is 0 Å². The van der Waals surface area contributed by atoms with Crippen molar-refractivity contribution in [3.63, 3.8) is 0 Å². The molecule has 16 heavy (non-hydrogen) atoms. The lowest BCUT2D eigenvalue weighted by atomic mass is 9.84. The molecule has 1 rings (SSSR count). The third-order valence-corrected chi connectivity index (χ3v) is 2.95. The van der Waals surface area contributed by atoms with Crippen molar-refractivity contribution < 1.29 is 0 Å². The zero-order valence-electron chi connectivity index (χ0n) is 10.7. The second-order valence-corrected chi connectivity index (χ2v) is 5.30. The van der Waals surface area contributed by atoms with Crippen molar-refractivity contribution in [2.24, 2.45) is 11.3 Å². The molecule has 1 aromatic rings. The van der Waals surface area contributed by atoms with Gasteiger partial charge in [-0.15, -0.1) is 0 Å². The van der Waals surface area contributed by atoms with Crippen LogP contribution in [0.2, 0.25) is 0 Å². The molecule has 0 saturated carbocycles. The number of nitrogens with one attached hydrogen (secondary N) is 1. The maximum Gasteiger partial charge on any atom is 0.0420 e. The van der Waals surface area contributed by atoms with Gasteiger partial charge in [-0.25, -0.2) is 0 Å². The summed E-state index contributed by atoms with van der Waals surface area (Å²) in [7, 11) is 0. The van der Waals surface area contributed by atoms with Gasteiger partial charge in [-0.3, -0.25) is 16.3 Å². The molecule has 0 bridgehead atoms. The van der Waals surface area contributed by atoms with Crippen molar-refractivity contribution in [1.82, 2.24) is 10.4 Å². The van der Waals surface area contributed by atoms with Crippen LogP contribution in [0.25, 0.3) is 0 Å². The molecule has 0 spiro atoms. The molecular weight excluding hydrogens is 198 g/mol. The molecule has 1 aromatic heterocycles. The minimum absolute atomic E-state index is 0.139. The maximum atomic E-state index is 5.59. The van der Waals surface area contributed by atoms with Gasteiger partial charge in [0.05, 0.1) is 0 Å². The van der Waals surface area contributed by atoms with Crippen molar-refractivity contribution in [1.29, 1.82) is 0 Å². The highest BCUT2D eigenvalue weighted by Crippen LogP contribution is 2.21. The number of hydrazine groups is 1. The Labute approximate surface area is 98.4 Å². The molecule has 0 aliphatic carbocycles. The molecule has 1 atom stereocenters. The fourth-order valence-corrected chi connectivity index (χ4v) is 1.61. The molecule has 0 saturated heterocycles. The average Bonchev–Trinajstić information content (AvgIpc) is 2.25. The Bertz CT molecular complexity index is 311. The summed E-state index contributed by atoms with van der Waals surface area (Å²) in [6, 6.07) is 4.47. The van der Waals surface area contributed by atoms with Crippen LogP contribution in [-0.4, -0.2) is 11.0 Å². The normalized spacial score (nSPS) is 13.8. The lowest BCUT2D eigenvalue weighted by Crippen LogP contribution is -2.45. The third kappa shape index (κ3) is 3.58. The smallest absolute Gasteiger partial charge is 0.0420 e. The van der Waals surface area contributed by atoms with E-state index in [0.717, 1.165) is 18.5 Å². The third-order valence-electron chi connectivity index (χ3n) is 2.95. The number of nitrogens with zero attached hydrogens (tertiary/aromatic N) is 1. The van der Waals surface area contributed by atoms with E-state index >= 15 is 0 Å². The SMILES string of the molecule is CCc1ccc(CC(NN)C(C)(C)C)nc1. The number of pyridine rings is 1. The zero-order valence-corrected chi connectivity index (χ0v) is 10.7. The molecule has 1 heterocycles. The van der Waals surface area contributed by atoms with E-state index in [1.807, 2.05) is 6.20 Å². The quantitative estimate of drug-likeness (QED) is 0.604. The number of nitrogens with two attached hydrogens (primary N) is 1. The van der Waals surface area contributed by atoms with Gasteiger partial charge in [-0.2, -0.15) is 0 Å². The first kappa shape index (κ1) is 13.1.